The van der Waals surface area contributed by atoms with Crippen LogP contribution in [0, 0.1) is 0 Å². The molecular weight excluding hydrogens is 330 g/mol. The summed E-state index contributed by atoms with van der Waals surface area (Å²) in [5.41, 5.74) is 1.38. The Bertz CT molecular complexity index is 1010. The molecule has 1 N–H and O–H groups in total. The number of hydrogen-bond donors (Lipinski definition) is 1. The lowest BCUT2D eigenvalue weighted by Gasteiger charge is -2.08. The average Bonchev–Trinajstić information content (AvgIpc) is 3.11. The fraction of sp³-hybridized carbons (Fsp3) is 0. The number of nitrogens with one attached hydrogen (secondary N) is 1. The SMILES string of the molecule is O=C(Nc1ccc2sccc2c1)c1ccc(Oc2ccccc2)cc1. The van der Waals surface area contributed by atoms with Gasteiger partial charge in [0.15, 0.2) is 0 Å². The maximum atomic E-state index is 12.4. The minimum atomic E-state index is -0.138. The molecule has 0 radical (unpaired) electrons. The summed E-state index contributed by atoms with van der Waals surface area (Å²) < 4.78 is 6.95. The summed E-state index contributed by atoms with van der Waals surface area (Å²) in [6, 6.07) is 24.6. The Hall–Kier alpha value is -3.11. The summed E-state index contributed by atoms with van der Waals surface area (Å²) in [6.07, 6.45) is 0. The Morgan fingerprint density at radius 2 is 1.60 bits per heavy atom. The topological polar surface area (TPSA) is 38.3 Å². The van der Waals surface area contributed by atoms with Crippen molar-refractivity contribution < 1.29 is 9.53 Å². The van der Waals surface area contributed by atoms with Crippen molar-refractivity contribution in [2.45, 2.75) is 0 Å². The summed E-state index contributed by atoms with van der Waals surface area (Å²) >= 11 is 1.69. The Labute approximate surface area is 149 Å². The van der Waals surface area contributed by atoms with Crippen molar-refractivity contribution in [1.82, 2.24) is 0 Å². The molecule has 0 aliphatic rings. The summed E-state index contributed by atoms with van der Waals surface area (Å²) in [6.45, 7) is 0. The van der Waals surface area contributed by atoms with E-state index in [9.17, 15) is 4.79 Å². The predicted octanol–water partition coefficient (Wildman–Crippen LogP) is 5.95. The van der Waals surface area contributed by atoms with Crippen LogP contribution in [0.25, 0.3) is 10.1 Å². The first-order valence-corrected chi connectivity index (χ1v) is 8.77. The fourth-order valence-electron chi connectivity index (χ4n) is 2.55. The Morgan fingerprint density at radius 3 is 2.40 bits per heavy atom. The number of carbonyl (C=O) groups excluding carboxylic acids is 1. The van der Waals surface area contributed by atoms with Crippen LogP contribution in [-0.4, -0.2) is 5.91 Å². The molecule has 0 unspecified atom stereocenters. The van der Waals surface area contributed by atoms with Gasteiger partial charge in [0.2, 0.25) is 0 Å². The maximum Gasteiger partial charge on any atom is 0.255 e. The normalized spacial score (nSPS) is 10.6. The molecule has 0 atom stereocenters. The second kappa shape index (κ2) is 6.79. The van der Waals surface area contributed by atoms with Crippen LogP contribution in [0.1, 0.15) is 10.4 Å². The summed E-state index contributed by atoms with van der Waals surface area (Å²) in [5.74, 6) is 1.33. The zero-order chi connectivity index (χ0) is 17.1. The minimum Gasteiger partial charge on any atom is -0.457 e. The van der Waals surface area contributed by atoms with Crippen LogP contribution in [0.15, 0.2) is 84.2 Å². The first-order valence-electron chi connectivity index (χ1n) is 7.89. The first-order chi connectivity index (χ1) is 12.3. The molecule has 0 saturated carbocycles. The number of para-hydroxylation sites is 1. The van der Waals surface area contributed by atoms with Gasteiger partial charge >= 0.3 is 0 Å². The number of carbonyl (C=O) groups is 1. The van der Waals surface area contributed by atoms with E-state index in [2.05, 4.69) is 5.32 Å². The molecule has 3 nitrogen and oxygen atoms in total. The molecule has 0 bridgehead atoms. The number of anilines is 1. The second-order valence-corrected chi connectivity index (χ2v) is 6.51. The maximum absolute atomic E-state index is 12.4. The molecule has 0 aliphatic heterocycles. The molecule has 122 valence electrons. The highest BCUT2D eigenvalue weighted by atomic mass is 32.1. The van der Waals surface area contributed by atoms with Gasteiger partial charge < -0.3 is 10.1 Å². The van der Waals surface area contributed by atoms with Crippen LogP contribution in [0.4, 0.5) is 5.69 Å². The van der Waals surface area contributed by atoms with E-state index in [0.717, 1.165) is 16.8 Å². The van der Waals surface area contributed by atoms with Crippen LogP contribution < -0.4 is 10.1 Å². The number of rotatable bonds is 4. The fourth-order valence-corrected chi connectivity index (χ4v) is 3.32. The van der Waals surface area contributed by atoms with Gasteiger partial charge in [-0.25, -0.2) is 0 Å². The number of thiophene rings is 1. The molecule has 1 heterocycles. The smallest absolute Gasteiger partial charge is 0.255 e. The van der Waals surface area contributed by atoms with Crippen LogP contribution in [-0.2, 0) is 0 Å². The standard InChI is InChI=1S/C21H15NO2S/c23-21(22-17-8-11-20-16(14-17)12-13-25-20)15-6-9-19(10-7-15)24-18-4-2-1-3-5-18/h1-14H,(H,22,23). The van der Waals surface area contributed by atoms with Crippen molar-refractivity contribution >= 4 is 33.0 Å². The molecule has 0 fully saturated rings. The van der Waals surface area contributed by atoms with E-state index in [1.54, 1.807) is 35.6 Å². The van der Waals surface area contributed by atoms with Gasteiger partial charge in [-0.15, -0.1) is 11.3 Å². The Morgan fingerprint density at radius 1 is 0.840 bits per heavy atom. The predicted molar refractivity (Wildman–Crippen MR) is 103 cm³/mol. The van der Waals surface area contributed by atoms with Crippen LogP contribution in [0.5, 0.6) is 11.5 Å². The third-order valence-electron chi connectivity index (χ3n) is 3.81. The molecule has 25 heavy (non-hydrogen) atoms. The van der Waals surface area contributed by atoms with Crippen LogP contribution in [0.3, 0.4) is 0 Å². The van der Waals surface area contributed by atoms with Crippen molar-refractivity contribution in [2.75, 3.05) is 5.32 Å². The number of hydrogen-bond acceptors (Lipinski definition) is 3. The largest absolute Gasteiger partial charge is 0.457 e. The van der Waals surface area contributed by atoms with Gasteiger partial charge in [0.1, 0.15) is 11.5 Å². The highest BCUT2D eigenvalue weighted by Gasteiger charge is 2.07. The zero-order valence-corrected chi connectivity index (χ0v) is 14.1. The highest BCUT2D eigenvalue weighted by molar-refractivity contribution is 7.17. The molecule has 0 spiro atoms. The number of ether oxygens (including phenoxy) is 1. The van der Waals surface area contributed by atoms with Gasteiger partial charge in [-0.2, -0.15) is 0 Å². The van der Waals surface area contributed by atoms with Gasteiger partial charge in [0.25, 0.3) is 5.91 Å². The zero-order valence-electron chi connectivity index (χ0n) is 13.3. The molecule has 1 aromatic heterocycles. The molecule has 4 heteroatoms. The lowest BCUT2D eigenvalue weighted by atomic mass is 10.2. The molecule has 4 aromatic rings. The highest BCUT2D eigenvalue weighted by Crippen LogP contribution is 2.25. The van der Waals surface area contributed by atoms with Crippen molar-refractivity contribution in [3.63, 3.8) is 0 Å². The number of amides is 1. The van der Waals surface area contributed by atoms with Gasteiger partial charge in [-0.1, -0.05) is 18.2 Å². The molecule has 4 rings (SSSR count). The molecule has 0 saturated heterocycles. The van der Waals surface area contributed by atoms with E-state index in [1.165, 1.54) is 4.70 Å². The van der Waals surface area contributed by atoms with E-state index in [-0.39, 0.29) is 5.91 Å². The quantitative estimate of drug-likeness (QED) is 0.496. The van der Waals surface area contributed by atoms with Gasteiger partial charge in [-0.05, 0) is 71.4 Å². The number of benzene rings is 3. The van der Waals surface area contributed by atoms with E-state index >= 15 is 0 Å². The average molecular weight is 345 g/mol. The molecule has 1 amide bonds. The number of fused-ring (bicyclic) bond motifs is 1. The Balaban J connectivity index is 1.46. The van der Waals surface area contributed by atoms with E-state index in [0.29, 0.717) is 11.3 Å². The van der Waals surface area contributed by atoms with Gasteiger partial charge in [0.05, 0.1) is 0 Å². The monoisotopic (exact) mass is 345 g/mol. The van der Waals surface area contributed by atoms with Crippen molar-refractivity contribution in [3.8, 4) is 11.5 Å². The summed E-state index contributed by atoms with van der Waals surface area (Å²) in [5, 5.41) is 6.11. The van der Waals surface area contributed by atoms with E-state index in [1.807, 2.05) is 60.0 Å². The van der Waals surface area contributed by atoms with Crippen molar-refractivity contribution in [2.24, 2.45) is 0 Å². The van der Waals surface area contributed by atoms with Crippen molar-refractivity contribution in [3.05, 3.63) is 89.8 Å². The summed E-state index contributed by atoms with van der Waals surface area (Å²) in [7, 11) is 0. The first kappa shape index (κ1) is 15.4. The van der Waals surface area contributed by atoms with Gasteiger partial charge in [0, 0.05) is 16.0 Å². The Kier molecular flexibility index (Phi) is 4.19. The third kappa shape index (κ3) is 3.54. The lowest BCUT2D eigenvalue weighted by Crippen LogP contribution is -2.11. The molecule has 0 aliphatic carbocycles. The molecular formula is C21H15NO2S. The van der Waals surface area contributed by atoms with Crippen LogP contribution >= 0.6 is 11.3 Å². The third-order valence-corrected chi connectivity index (χ3v) is 4.70. The minimum absolute atomic E-state index is 0.138. The van der Waals surface area contributed by atoms with E-state index < -0.39 is 0 Å². The van der Waals surface area contributed by atoms with Crippen LogP contribution in [0.2, 0.25) is 0 Å². The van der Waals surface area contributed by atoms with Crippen molar-refractivity contribution in [1.29, 1.82) is 0 Å². The second-order valence-electron chi connectivity index (χ2n) is 5.57. The molecule has 3 aromatic carbocycles. The van der Waals surface area contributed by atoms with Gasteiger partial charge in [-0.3, -0.25) is 4.79 Å². The van der Waals surface area contributed by atoms with E-state index in [4.69, 9.17) is 4.74 Å². The summed E-state index contributed by atoms with van der Waals surface area (Å²) in [4.78, 5) is 12.4. The lowest BCUT2D eigenvalue weighted by molar-refractivity contribution is 0.102.